The van der Waals surface area contributed by atoms with Crippen LogP contribution < -0.4 is 0 Å². The van der Waals surface area contributed by atoms with E-state index in [1.165, 1.54) is 51.4 Å². The Morgan fingerprint density at radius 1 is 1.22 bits per heavy atom. The lowest BCUT2D eigenvalue weighted by atomic mass is 9.90. The van der Waals surface area contributed by atoms with Gasteiger partial charge in [0.15, 0.2) is 0 Å². The topological polar surface area (TPSA) is 9.23 Å². The van der Waals surface area contributed by atoms with Gasteiger partial charge >= 0.3 is 0 Å². The standard InChI is InChI=1S/C16H28OSi/c1-4-5-6-10-15-18(2,3)17-14-13-16-11-8-7-9-12-16/h10,15-16H,4-9,11-12H2,1-3H3. The third-order valence-electron chi connectivity index (χ3n) is 3.43. The maximum absolute atomic E-state index is 5.80. The molecular weight excluding hydrogens is 236 g/mol. The van der Waals surface area contributed by atoms with Crippen molar-refractivity contribution in [3.05, 3.63) is 11.8 Å². The fourth-order valence-electron chi connectivity index (χ4n) is 2.21. The van der Waals surface area contributed by atoms with Crippen molar-refractivity contribution in [3.8, 4) is 12.0 Å². The van der Waals surface area contributed by atoms with Crippen LogP contribution in [0.25, 0.3) is 0 Å². The molecule has 1 saturated carbocycles. The van der Waals surface area contributed by atoms with Crippen molar-refractivity contribution < 1.29 is 4.43 Å². The van der Waals surface area contributed by atoms with Gasteiger partial charge in [-0.3, -0.25) is 0 Å². The first-order chi connectivity index (χ1) is 8.64. The van der Waals surface area contributed by atoms with Crippen LogP contribution in [-0.4, -0.2) is 8.32 Å². The second-order valence-corrected chi connectivity index (χ2v) is 9.58. The van der Waals surface area contributed by atoms with Gasteiger partial charge < -0.3 is 4.43 Å². The normalized spacial score (nSPS) is 17.5. The molecule has 0 aliphatic heterocycles. The highest BCUT2D eigenvalue weighted by Crippen LogP contribution is 2.22. The van der Waals surface area contributed by atoms with Crippen molar-refractivity contribution >= 4 is 8.32 Å². The molecule has 0 aromatic carbocycles. The lowest BCUT2D eigenvalue weighted by Gasteiger charge is -2.17. The summed E-state index contributed by atoms with van der Waals surface area (Å²) in [6.07, 6.45) is 15.6. The van der Waals surface area contributed by atoms with Gasteiger partial charge in [-0.05, 0) is 32.4 Å². The van der Waals surface area contributed by atoms with E-state index in [4.69, 9.17) is 4.43 Å². The predicted molar refractivity (Wildman–Crippen MR) is 81.6 cm³/mol. The van der Waals surface area contributed by atoms with Gasteiger partial charge in [0.2, 0.25) is 0 Å². The van der Waals surface area contributed by atoms with Crippen molar-refractivity contribution in [2.75, 3.05) is 0 Å². The second kappa shape index (κ2) is 8.42. The molecule has 0 bridgehead atoms. The van der Waals surface area contributed by atoms with Gasteiger partial charge in [-0.2, -0.15) is 0 Å². The summed E-state index contributed by atoms with van der Waals surface area (Å²) >= 11 is 0. The SMILES string of the molecule is CCCCC=C[Si](C)(C)OC#CC1CCCCC1. The molecule has 0 atom stereocenters. The molecular formula is C16H28OSi. The second-order valence-electron chi connectivity index (χ2n) is 5.83. The molecule has 0 amide bonds. The summed E-state index contributed by atoms with van der Waals surface area (Å²) in [5.74, 6) is 3.90. The van der Waals surface area contributed by atoms with Crippen LogP contribution in [0, 0.1) is 17.9 Å². The minimum absolute atomic E-state index is 0.590. The number of allylic oxidation sites excluding steroid dienone is 1. The van der Waals surface area contributed by atoms with Gasteiger partial charge in [0.05, 0.1) is 6.11 Å². The van der Waals surface area contributed by atoms with Crippen molar-refractivity contribution in [2.24, 2.45) is 5.92 Å². The molecule has 1 nitrogen and oxygen atoms in total. The molecule has 0 unspecified atom stereocenters. The van der Waals surface area contributed by atoms with Crippen LogP contribution in [0.2, 0.25) is 13.1 Å². The highest BCUT2D eigenvalue weighted by atomic mass is 28.4. The average molecular weight is 264 g/mol. The van der Waals surface area contributed by atoms with E-state index in [1.54, 1.807) is 0 Å². The molecule has 1 aliphatic rings. The van der Waals surface area contributed by atoms with E-state index < -0.39 is 8.32 Å². The molecule has 0 heterocycles. The van der Waals surface area contributed by atoms with Crippen molar-refractivity contribution in [1.29, 1.82) is 0 Å². The first-order valence-electron chi connectivity index (χ1n) is 7.50. The highest BCUT2D eigenvalue weighted by Gasteiger charge is 2.19. The molecule has 102 valence electrons. The minimum atomic E-state index is -1.69. The number of unbranched alkanes of at least 4 members (excludes halogenated alkanes) is 2. The largest absolute Gasteiger partial charge is 0.496 e. The highest BCUT2D eigenvalue weighted by molar-refractivity contribution is 6.76. The summed E-state index contributed by atoms with van der Waals surface area (Å²) in [5, 5.41) is 0. The van der Waals surface area contributed by atoms with Crippen molar-refractivity contribution in [3.63, 3.8) is 0 Å². The zero-order valence-electron chi connectivity index (χ0n) is 12.3. The molecule has 1 rings (SSSR count). The van der Waals surface area contributed by atoms with Gasteiger partial charge in [-0.1, -0.05) is 56.7 Å². The first kappa shape index (κ1) is 15.4. The summed E-state index contributed by atoms with van der Waals surface area (Å²) in [6.45, 7) is 6.65. The molecule has 1 aliphatic carbocycles. The maximum Gasteiger partial charge on any atom is 0.282 e. The summed E-state index contributed by atoms with van der Waals surface area (Å²) in [5.41, 5.74) is 2.28. The average Bonchev–Trinajstić information content (AvgIpc) is 2.36. The molecule has 0 aromatic rings. The summed E-state index contributed by atoms with van der Waals surface area (Å²) in [6, 6.07) is 0. The van der Waals surface area contributed by atoms with Crippen LogP contribution in [-0.2, 0) is 4.43 Å². The first-order valence-corrected chi connectivity index (χ1v) is 10.5. The Balaban J connectivity index is 2.31. The van der Waals surface area contributed by atoms with Crippen LogP contribution >= 0.6 is 0 Å². The molecule has 0 radical (unpaired) electrons. The van der Waals surface area contributed by atoms with E-state index in [0.717, 1.165) is 0 Å². The third kappa shape index (κ3) is 6.91. The Bertz CT molecular complexity index is 303. The summed E-state index contributed by atoms with van der Waals surface area (Å²) < 4.78 is 5.80. The van der Waals surface area contributed by atoms with Gasteiger partial charge in [-0.15, -0.1) is 0 Å². The monoisotopic (exact) mass is 264 g/mol. The van der Waals surface area contributed by atoms with E-state index in [1.807, 2.05) is 0 Å². The molecule has 18 heavy (non-hydrogen) atoms. The summed E-state index contributed by atoms with van der Waals surface area (Å²) in [7, 11) is -1.69. The quantitative estimate of drug-likeness (QED) is 0.384. The fraction of sp³-hybridized carbons (Fsp3) is 0.750. The molecule has 1 fully saturated rings. The summed E-state index contributed by atoms with van der Waals surface area (Å²) in [4.78, 5) is 0. The predicted octanol–water partition coefficient (Wildman–Crippen LogP) is 5.03. The van der Waals surface area contributed by atoms with Crippen LogP contribution in [0.5, 0.6) is 0 Å². The van der Waals surface area contributed by atoms with E-state index in [0.29, 0.717) is 5.92 Å². The number of hydrogen-bond acceptors (Lipinski definition) is 1. The molecule has 0 spiro atoms. The van der Waals surface area contributed by atoms with Gasteiger partial charge in [0.25, 0.3) is 8.32 Å². The van der Waals surface area contributed by atoms with Crippen LogP contribution in [0.4, 0.5) is 0 Å². The Hall–Kier alpha value is -0.683. The molecule has 0 aromatic heterocycles. The van der Waals surface area contributed by atoms with E-state index in [-0.39, 0.29) is 0 Å². The van der Waals surface area contributed by atoms with Gasteiger partial charge in [-0.25, -0.2) is 0 Å². The zero-order chi connectivity index (χ0) is 13.3. The van der Waals surface area contributed by atoms with Crippen LogP contribution in [0.1, 0.15) is 58.3 Å². The van der Waals surface area contributed by atoms with Gasteiger partial charge in [0, 0.05) is 5.92 Å². The van der Waals surface area contributed by atoms with Crippen LogP contribution in [0.3, 0.4) is 0 Å². The molecule has 0 N–H and O–H groups in total. The zero-order valence-corrected chi connectivity index (χ0v) is 13.3. The van der Waals surface area contributed by atoms with Crippen molar-refractivity contribution in [2.45, 2.75) is 71.4 Å². The Kier molecular flexibility index (Phi) is 7.20. The van der Waals surface area contributed by atoms with E-state index in [9.17, 15) is 0 Å². The maximum atomic E-state index is 5.80. The third-order valence-corrected chi connectivity index (χ3v) is 5.09. The molecule has 0 saturated heterocycles. The Labute approximate surface area is 114 Å². The van der Waals surface area contributed by atoms with Gasteiger partial charge in [0.1, 0.15) is 0 Å². The molecule has 2 heteroatoms. The number of rotatable bonds is 5. The minimum Gasteiger partial charge on any atom is -0.496 e. The fourth-order valence-corrected chi connectivity index (χ4v) is 3.34. The van der Waals surface area contributed by atoms with Crippen molar-refractivity contribution in [1.82, 2.24) is 0 Å². The number of hydrogen-bond donors (Lipinski definition) is 0. The lowest BCUT2D eigenvalue weighted by Crippen LogP contribution is -2.25. The Morgan fingerprint density at radius 3 is 2.61 bits per heavy atom. The van der Waals surface area contributed by atoms with E-state index in [2.05, 4.69) is 43.8 Å². The lowest BCUT2D eigenvalue weighted by molar-refractivity contribution is 0.426. The Morgan fingerprint density at radius 2 is 1.94 bits per heavy atom. The van der Waals surface area contributed by atoms with E-state index >= 15 is 0 Å². The smallest absolute Gasteiger partial charge is 0.282 e. The van der Waals surface area contributed by atoms with Crippen LogP contribution in [0.15, 0.2) is 11.8 Å².